The topological polar surface area (TPSA) is 17.1 Å². The number of hydrogen-bond acceptors (Lipinski definition) is 1. The molecule has 0 aliphatic heterocycles. The van der Waals surface area contributed by atoms with Crippen molar-refractivity contribution in [3.05, 3.63) is 58.2 Å². The van der Waals surface area contributed by atoms with Gasteiger partial charge in [-0.05, 0) is 111 Å². The summed E-state index contributed by atoms with van der Waals surface area (Å²) in [7, 11) is 0. The lowest BCUT2D eigenvalue weighted by Gasteiger charge is -2.02. The van der Waals surface area contributed by atoms with E-state index in [1.54, 1.807) is 0 Å². The van der Waals surface area contributed by atoms with E-state index in [0.29, 0.717) is 6.42 Å². The molecule has 0 radical (unpaired) electrons. The summed E-state index contributed by atoms with van der Waals surface area (Å²) >= 11 is 5.38. The number of halogens is 1. The predicted octanol–water partition coefficient (Wildman–Crippen LogP) is 9.40. The summed E-state index contributed by atoms with van der Waals surface area (Å²) in [5.74, 6) is 0. The third-order valence-corrected chi connectivity index (χ3v) is 5.21. The molecule has 0 rings (SSSR count). The molecule has 0 spiro atoms. The monoisotopic (exact) mass is 418 g/mol. The molecule has 0 fully saturated rings. The van der Waals surface area contributed by atoms with E-state index >= 15 is 0 Å². The summed E-state index contributed by atoms with van der Waals surface area (Å²) in [6.07, 6.45) is 21.9. The maximum absolute atomic E-state index is 10.8. The Morgan fingerprint density at radius 1 is 0.517 bits per heavy atom. The molecular weight excluding hydrogens is 376 g/mol. The second-order valence-corrected chi connectivity index (χ2v) is 8.95. The zero-order valence-electron chi connectivity index (χ0n) is 19.7. The second kappa shape index (κ2) is 17.5. The zero-order chi connectivity index (χ0) is 22.1. The molecule has 0 aliphatic rings. The van der Waals surface area contributed by atoms with E-state index in [1.807, 2.05) is 0 Å². The fraction of sp³-hybridized carbons (Fsp3) is 0.593. The largest absolute Gasteiger partial charge is 0.281 e. The van der Waals surface area contributed by atoms with Crippen molar-refractivity contribution in [1.82, 2.24) is 0 Å². The zero-order valence-corrected chi connectivity index (χ0v) is 20.5. The Balaban J connectivity index is 4.04. The first-order chi connectivity index (χ1) is 13.7. The van der Waals surface area contributed by atoms with Crippen LogP contribution in [0.1, 0.15) is 106 Å². The lowest BCUT2D eigenvalue weighted by molar-refractivity contribution is -0.111. The van der Waals surface area contributed by atoms with Gasteiger partial charge in [0, 0.05) is 6.42 Å². The van der Waals surface area contributed by atoms with Crippen molar-refractivity contribution >= 4 is 16.8 Å². The quantitative estimate of drug-likeness (QED) is 0.147. The molecule has 0 bridgehead atoms. The summed E-state index contributed by atoms with van der Waals surface area (Å²) in [5, 5.41) is -0.247. The van der Waals surface area contributed by atoms with Crippen LogP contribution in [0.5, 0.6) is 0 Å². The first-order valence-corrected chi connectivity index (χ1v) is 11.5. The summed E-state index contributed by atoms with van der Waals surface area (Å²) in [5.41, 5.74) is 7.12. The second-order valence-electron chi connectivity index (χ2n) is 8.53. The molecule has 0 aromatic heterocycles. The average Bonchev–Trinajstić information content (AvgIpc) is 2.63. The minimum Gasteiger partial charge on any atom is -0.281 e. The molecule has 0 N–H and O–H groups in total. The molecule has 0 aromatic rings. The first kappa shape index (κ1) is 27.7. The van der Waals surface area contributed by atoms with E-state index < -0.39 is 0 Å². The van der Waals surface area contributed by atoms with Crippen LogP contribution in [0.15, 0.2) is 58.2 Å². The highest BCUT2D eigenvalue weighted by Gasteiger charge is 1.97. The molecule has 164 valence electrons. The fourth-order valence-electron chi connectivity index (χ4n) is 3.04. The van der Waals surface area contributed by atoms with Crippen LogP contribution in [0.4, 0.5) is 0 Å². The van der Waals surface area contributed by atoms with Crippen LogP contribution in [0.3, 0.4) is 0 Å². The molecule has 0 saturated carbocycles. The van der Waals surface area contributed by atoms with Crippen molar-refractivity contribution in [1.29, 1.82) is 0 Å². The van der Waals surface area contributed by atoms with Crippen molar-refractivity contribution < 1.29 is 4.79 Å². The highest BCUT2D eigenvalue weighted by Crippen LogP contribution is 2.14. The minimum atomic E-state index is -0.247. The van der Waals surface area contributed by atoms with Crippen molar-refractivity contribution in [3.63, 3.8) is 0 Å². The van der Waals surface area contributed by atoms with E-state index in [0.717, 1.165) is 51.4 Å². The molecule has 1 nitrogen and oxygen atoms in total. The molecular formula is C27H43ClO. The third-order valence-electron chi connectivity index (χ3n) is 5.02. The van der Waals surface area contributed by atoms with Crippen LogP contribution >= 0.6 is 11.6 Å². The van der Waals surface area contributed by atoms with Crippen molar-refractivity contribution in [2.24, 2.45) is 0 Å². The molecule has 0 aliphatic carbocycles. The van der Waals surface area contributed by atoms with Gasteiger partial charge in [0.1, 0.15) is 0 Å². The van der Waals surface area contributed by atoms with Gasteiger partial charge in [0.25, 0.3) is 0 Å². The van der Waals surface area contributed by atoms with Gasteiger partial charge in [-0.3, -0.25) is 4.79 Å². The average molecular weight is 419 g/mol. The SMILES string of the molecule is CC(C)=CCCC(C)=CCCC(C)=CCCC=C(C)CCC=C(C)CCC(=O)Cl. The normalized spacial score (nSPS) is 13.6. The Hall–Kier alpha value is -1.34. The first-order valence-electron chi connectivity index (χ1n) is 11.1. The van der Waals surface area contributed by atoms with Gasteiger partial charge < -0.3 is 0 Å². The molecule has 0 saturated heterocycles. The Labute approximate surface area is 185 Å². The summed E-state index contributed by atoms with van der Waals surface area (Å²) < 4.78 is 0. The minimum absolute atomic E-state index is 0.247. The van der Waals surface area contributed by atoms with Gasteiger partial charge in [0.2, 0.25) is 5.24 Å². The van der Waals surface area contributed by atoms with E-state index in [9.17, 15) is 4.79 Å². The van der Waals surface area contributed by atoms with E-state index in [2.05, 4.69) is 71.9 Å². The molecule has 2 heteroatoms. The molecule has 0 aromatic carbocycles. The molecule has 0 unspecified atom stereocenters. The maximum atomic E-state index is 10.8. The highest BCUT2D eigenvalue weighted by molar-refractivity contribution is 6.63. The third kappa shape index (κ3) is 19.7. The van der Waals surface area contributed by atoms with Crippen LogP contribution in [0.25, 0.3) is 0 Å². The maximum Gasteiger partial charge on any atom is 0.221 e. The molecule has 0 amide bonds. The number of allylic oxidation sites excluding steroid dienone is 10. The Morgan fingerprint density at radius 3 is 1.24 bits per heavy atom. The Morgan fingerprint density at radius 2 is 0.862 bits per heavy atom. The summed E-state index contributed by atoms with van der Waals surface area (Å²) in [4.78, 5) is 10.8. The van der Waals surface area contributed by atoms with E-state index in [1.165, 1.54) is 34.3 Å². The van der Waals surface area contributed by atoms with Crippen LogP contribution in [-0.2, 0) is 4.79 Å². The fourth-order valence-corrected chi connectivity index (χ4v) is 3.14. The predicted molar refractivity (Wildman–Crippen MR) is 131 cm³/mol. The molecule has 29 heavy (non-hydrogen) atoms. The lowest BCUT2D eigenvalue weighted by Crippen LogP contribution is -1.87. The molecule has 0 heterocycles. The number of rotatable bonds is 15. The Bertz CT molecular complexity index is 625. The van der Waals surface area contributed by atoms with E-state index in [-0.39, 0.29) is 5.24 Å². The summed E-state index contributed by atoms with van der Waals surface area (Å²) in [6.45, 7) is 13.1. The van der Waals surface area contributed by atoms with Crippen LogP contribution < -0.4 is 0 Å². The van der Waals surface area contributed by atoms with Gasteiger partial charge in [-0.1, -0.05) is 58.2 Å². The molecule has 0 atom stereocenters. The van der Waals surface area contributed by atoms with Gasteiger partial charge in [-0.2, -0.15) is 0 Å². The van der Waals surface area contributed by atoms with Crippen LogP contribution in [-0.4, -0.2) is 5.24 Å². The standard InChI is InChI=1S/C27H43ClO/c1-22(2)12-9-15-25(5)18-10-16-23(3)13-7-8-14-24(4)17-11-19-26(6)20-21-27(28)29/h12-14,18-19H,7-11,15-17,20-21H2,1-6H3. The van der Waals surface area contributed by atoms with Crippen LogP contribution in [0.2, 0.25) is 0 Å². The van der Waals surface area contributed by atoms with Gasteiger partial charge >= 0.3 is 0 Å². The number of unbranched alkanes of at least 4 members (excludes halogenated alkanes) is 1. The van der Waals surface area contributed by atoms with Gasteiger partial charge in [-0.25, -0.2) is 0 Å². The highest BCUT2D eigenvalue weighted by atomic mass is 35.5. The van der Waals surface area contributed by atoms with Crippen LogP contribution in [0, 0.1) is 0 Å². The van der Waals surface area contributed by atoms with E-state index in [4.69, 9.17) is 11.6 Å². The van der Waals surface area contributed by atoms with Crippen molar-refractivity contribution in [2.45, 2.75) is 106 Å². The van der Waals surface area contributed by atoms with Gasteiger partial charge in [0.15, 0.2) is 0 Å². The number of carbonyl (C=O) groups excluding carboxylic acids is 1. The van der Waals surface area contributed by atoms with Gasteiger partial charge in [0.05, 0.1) is 0 Å². The Kier molecular flexibility index (Phi) is 16.7. The smallest absolute Gasteiger partial charge is 0.221 e. The lowest BCUT2D eigenvalue weighted by atomic mass is 10.0. The van der Waals surface area contributed by atoms with Crippen molar-refractivity contribution in [2.75, 3.05) is 0 Å². The van der Waals surface area contributed by atoms with Gasteiger partial charge in [-0.15, -0.1) is 0 Å². The van der Waals surface area contributed by atoms with Crippen molar-refractivity contribution in [3.8, 4) is 0 Å². The number of carbonyl (C=O) groups is 1. The number of hydrogen-bond donors (Lipinski definition) is 0. The summed E-state index contributed by atoms with van der Waals surface area (Å²) in [6, 6.07) is 0.